The first-order valence-corrected chi connectivity index (χ1v) is 13.7. The largest absolute Gasteiger partial charge is 0.304 e. The SMILES string of the molecule is CC(C)n1nc(-c2sc(NC(=O)c3ccc(CN4CCN(C)CC4)cc3)nc2-c2ccccc2)ccc1=O. The molecule has 3 heterocycles. The number of aromatic nitrogens is 3. The van der Waals surface area contributed by atoms with Crippen molar-refractivity contribution < 1.29 is 4.79 Å². The van der Waals surface area contributed by atoms with Gasteiger partial charge in [-0.25, -0.2) is 9.67 Å². The zero-order valence-electron chi connectivity index (χ0n) is 21.9. The Kier molecular flexibility index (Phi) is 7.78. The molecule has 5 rings (SSSR count). The summed E-state index contributed by atoms with van der Waals surface area (Å²) in [6.45, 7) is 9.00. The lowest BCUT2D eigenvalue weighted by molar-refractivity contribution is 0.102. The molecule has 0 aliphatic carbocycles. The number of anilines is 1. The van der Waals surface area contributed by atoms with E-state index in [2.05, 4.69) is 27.3 Å². The second-order valence-electron chi connectivity index (χ2n) is 9.89. The van der Waals surface area contributed by atoms with Crippen LogP contribution in [0.25, 0.3) is 21.8 Å². The molecule has 0 radical (unpaired) electrons. The first-order valence-electron chi connectivity index (χ1n) is 12.8. The third-order valence-electron chi connectivity index (χ3n) is 6.66. The molecule has 4 aromatic rings. The third kappa shape index (κ3) is 5.91. The normalized spacial score (nSPS) is 14.6. The van der Waals surface area contributed by atoms with Crippen molar-refractivity contribution in [1.29, 1.82) is 0 Å². The van der Waals surface area contributed by atoms with Gasteiger partial charge in [-0.3, -0.25) is 19.8 Å². The average Bonchev–Trinajstić information content (AvgIpc) is 3.34. The number of hydrogen-bond donors (Lipinski definition) is 1. The molecule has 0 unspecified atom stereocenters. The average molecular weight is 529 g/mol. The number of amides is 1. The summed E-state index contributed by atoms with van der Waals surface area (Å²) in [6.07, 6.45) is 0. The second-order valence-corrected chi connectivity index (χ2v) is 10.9. The summed E-state index contributed by atoms with van der Waals surface area (Å²) in [6, 6.07) is 20.7. The number of likely N-dealkylation sites (N-methyl/N-ethyl adjacent to an activating group) is 1. The van der Waals surface area contributed by atoms with E-state index < -0.39 is 0 Å². The number of thiazole rings is 1. The third-order valence-corrected chi connectivity index (χ3v) is 7.65. The molecular weight excluding hydrogens is 496 g/mol. The van der Waals surface area contributed by atoms with Crippen LogP contribution in [0, 0.1) is 0 Å². The van der Waals surface area contributed by atoms with Crippen molar-refractivity contribution in [3.05, 3.63) is 88.2 Å². The first kappa shape index (κ1) is 26.0. The van der Waals surface area contributed by atoms with E-state index >= 15 is 0 Å². The van der Waals surface area contributed by atoms with E-state index in [1.165, 1.54) is 27.6 Å². The molecule has 1 aliphatic heterocycles. The summed E-state index contributed by atoms with van der Waals surface area (Å²) < 4.78 is 1.46. The predicted molar refractivity (Wildman–Crippen MR) is 153 cm³/mol. The van der Waals surface area contributed by atoms with Crippen LogP contribution in [0.5, 0.6) is 0 Å². The van der Waals surface area contributed by atoms with Gasteiger partial charge in [-0.05, 0) is 44.7 Å². The van der Waals surface area contributed by atoms with Crippen LogP contribution in [0.3, 0.4) is 0 Å². The highest BCUT2D eigenvalue weighted by atomic mass is 32.1. The molecule has 0 saturated carbocycles. The Morgan fingerprint density at radius 2 is 1.68 bits per heavy atom. The van der Waals surface area contributed by atoms with Crippen LogP contribution in [-0.4, -0.2) is 63.7 Å². The summed E-state index contributed by atoms with van der Waals surface area (Å²) in [5.74, 6) is -0.212. The van der Waals surface area contributed by atoms with Crippen LogP contribution in [-0.2, 0) is 6.54 Å². The van der Waals surface area contributed by atoms with Crippen molar-refractivity contribution in [1.82, 2.24) is 24.6 Å². The smallest absolute Gasteiger partial charge is 0.267 e. The zero-order valence-corrected chi connectivity index (χ0v) is 22.7. The fourth-order valence-electron chi connectivity index (χ4n) is 4.45. The molecule has 1 aliphatic rings. The molecule has 0 atom stereocenters. The summed E-state index contributed by atoms with van der Waals surface area (Å²) >= 11 is 1.35. The van der Waals surface area contributed by atoms with Crippen LogP contribution in [0.15, 0.2) is 71.5 Å². The van der Waals surface area contributed by atoms with Gasteiger partial charge in [0.05, 0.1) is 16.6 Å². The maximum Gasteiger partial charge on any atom is 0.267 e. The van der Waals surface area contributed by atoms with Gasteiger partial charge >= 0.3 is 0 Å². The van der Waals surface area contributed by atoms with Crippen molar-refractivity contribution in [3.63, 3.8) is 0 Å². The number of nitrogens with zero attached hydrogens (tertiary/aromatic N) is 5. The molecule has 2 aromatic heterocycles. The van der Waals surface area contributed by atoms with Crippen molar-refractivity contribution in [2.24, 2.45) is 0 Å². The van der Waals surface area contributed by atoms with Crippen LogP contribution in [0.2, 0.25) is 0 Å². The molecule has 8 nitrogen and oxygen atoms in total. The second kappa shape index (κ2) is 11.4. The van der Waals surface area contributed by atoms with Gasteiger partial charge in [0.25, 0.3) is 11.5 Å². The first-order chi connectivity index (χ1) is 18.4. The number of benzene rings is 2. The highest BCUT2D eigenvalue weighted by Crippen LogP contribution is 2.38. The van der Waals surface area contributed by atoms with Crippen molar-refractivity contribution >= 4 is 22.4 Å². The molecule has 1 N–H and O–H groups in total. The molecule has 1 saturated heterocycles. The Morgan fingerprint density at radius 3 is 2.37 bits per heavy atom. The molecule has 2 aromatic carbocycles. The number of nitrogens with one attached hydrogen (secondary N) is 1. The highest BCUT2D eigenvalue weighted by Gasteiger charge is 2.20. The van der Waals surface area contributed by atoms with E-state index in [1.54, 1.807) is 6.07 Å². The van der Waals surface area contributed by atoms with E-state index in [9.17, 15) is 9.59 Å². The molecule has 9 heteroatoms. The van der Waals surface area contributed by atoms with E-state index in [-0.39, 0.29) is 17.5 Å². The summed E-state index contributed by atoms with van der Waals surface area (Å²) in [5.41, 5.74) is 3.89. The summed E-state index contributed by atoms with van der Waals surface area (Å²) in [4.78, 5) is 35.7. The summed E-state index contributed by atoms with van der Waals surface area (Å²) in [7, 11) is 2.15. The van der Waals surface area contributed by atoms with Gasteiger partial charge < -0.3 is 4.90 Å². The maximum atomic E-state index is 13.1. The molecule has 1 fully saturated rings. The molecule has 0 spiro atoms. The molecular formula is C29H32N6O2S. The Labute approximate surface area is 226 Å². The Balaban J connectivity index is 1.37. The number of piperazine rings is 1. The van der Waals surface area contributed by atoms with Gasteiger partial charge in [0.2, 0.25) is 0 Å². The Morgan fingerprint density at radius 1 is 0.974 bits per heavy atom. The minimum absolute atomic E-state index is 0.0751. The summed E-state index contributed by atoms with van der Waals surface area (Å²) in [5, 5.41) is 8.05. The minimum Gasteiger partial charge on any atom is -0.304 e. The standard InChI is InChI=1S/C29H32N6O2S/c1-20(2)35-25(36)14-13-24(32-35)27-26(22-7-5-4-6-8-22)30-29(38-27)31-28(37)23-11-9-21(10-12-23)19-34-17-15-33(3)16-18-34/h4-14,20H,15-19H2,1-3H3,(H,30,31,37). The van der Waals surface area contributed by atoms with Crippen molar-refractivity contribution in [3.8, 4) is 21.8 Å². The van der Waals surface area contributed by atoms with Gasteiger partial charge in [0.15, 0.2) is 5.13 Å². The van der Waals surface area contributed by atoms with E-state index in [4.69, 9.17) is 4.98 Å². The monoisotopic (exact) mass is 528 g/mol. The van der Waals surface area contributed by atoms with Gasteiger partial charge in [-0.1, -0.05) is 53.8 Å². The molecule has 38 heavy (non-hydrogen) atoms. The maximum absolute atomic E-state index is 13.1. The number of rotatable bonds is 7. The van der Waals surface area contributed by atoms with E-state index in [0.29, 0.717) is 16.4 Å². The topological polar surface area (TPSA) is 83.4 Å². The molecule has 1 amide bonds. The number of hydrogen-bond acceptors (Lipinski definition) is 7. The lowest BCUT2D eigenvalue weighted by Crippen LogP contribution is -2.43. The van der Waals surface area contributed by atoms with Crippen molar-refractivity contribution in [2.75, 3.05) is 38.5 Å². The quantitative estimate of drug-likeness (QED) is 0.377. The molecule has 0 bridgehead atoms. The lowest BCUT2D eigenvalue weighted by Gasteiger charge is -2.32. The van der Waals surface area contributed by atoms with Crippen LogP contribution >= 0.6 is 11.3 Å². The zero-order chi connectivity index (χ0) is 26.6. The van der Waals surface area contributed by atoms with Crippen molar-refractivity contribution in [2.45, 2.75) is 26.4 Å². The van der Waals surface area contributed by atoms with Gasteiger partial charge in [0.1, 0.15) is 5.69 Å². The minimum atomic E-state index is -0.212. The number of carbonyl (C=O) groups excluding carboxylic acids is 1. The molecule has 196 valence electrons. The number of carbonyl (C=O) groups is 1. The highest BCUT2D eigenvalue weighted by molar-refractivity contribution is 7.19. The van der Waals surface area contributed by atoms with Gasteiger partial charge in [-0.15, -0.1) is 0 Å². The lowest BCUT2D eigenvalue weighted by atomic mass is 10.1. The van der Waals surface area contributed by atoms with Crippen LogP contribution in [0.4, 0.5) is 5.13 Å². The van der Waals surface area contributed by atoms with Gasteiger partial charge in [0, 0.05) is 49.9 Å². The van der Waals surface area contributed by atoms with E-state index in [1.807, 2.05) is 68.4 Å². The Bertz CT molecular complexity index is 1450. The van der Waals surface area contributed by atoms with Crippen LogP contribution < -0.4 is 10.9 Å². The van der Waals surface area contributed by atoms with Crippen LogP contribution in [0.1, 0.15) is 35.8 Å². The predicted octanol–water partition coefficient (Wildman–Crippen LogP) is 4.61. The Hall–Kier alpha value is -3.66. The van der Waals surface area contributed by atoms with E-state index in [0.717, 1.165) is 48.9 Å². The fourth-order valence-corrected chi connectivity index (χ4v) is 5.40. The van der Waals surface area contributed by atoms with Gasteiger partial charge in [-0.2, -0.15) is 5.10 Å². The fraction of sp³-hybridized carbons (Fsp3) is 0.310.